The molecule has 1 rings (SSSR count). The zero-order chi connectivity index (χ0) is 18.1. The number of nitrogens with one attached hydrogen (secondary N) is 1. The Kier molecular flexibility index (Phi) is 7.95. The van der Waals surface area contributed by atoms with Gasteiger partial charge in [-0.3, -0.25) is 14.4 Å². The molecule has 1 aromatic carbocycles. The van der Waals surface area contributed by atoms with E-state index < -0.39 is 29.8 Å². The molecule has 2 atom stereocenters. The number of hydrogen-bond acceptors (Lipinski definition) is 5. The van der Waals surface area contributed by atoms with Crippen LogP contribution in [0.15, 0.2) is 30.3 Å². The summed E-state index contributed by atoms with van der Waals surface area (Å²) in [4.78, 5) is 36.2. The quantitative estimate of drug-likeness (QED) is 0.582. The van der Waals surface area contributed by atoms with E-state index in [0.29, 0.717) is 0 Å². The zero-order valence-corrected chi connectivity index (χ0v) is 14.6. The third kappa shape index (κ3) is 5.37. The monoisotopic (exact) mass is 335 g/mol. The average Bonchev–Trinajstić information content (AvgIpc) is 2.54. The van der Waals surface area contributed by atoms with Crippen LogP contribution in [0.2, 0.25) is 0 Å². The second kappa shape index (κ2) is 9.70. The SMILES string of the molecule is CCOC(=O)C(C(=O)OCC)C(C)C(NC(C)=O)c1ccccc1. The Hall–Kier alpha value is -2.37. The molecule has 1 N–H and O–H groups in total. The van der Waals surface area contributed by atoms with Gasteiger partial charge in [-0.25, -0.2) is 0 Å². The Labute approximate surface area is 142 Å². The van der Waals surface area contributed by atoms with E-state index in [-0.39, 0.29) is 19.1 Å². The minimum atomic E-state index is -1.11. The third-order valence-corrected chi connectivity index (χ3v) is 3.65. The first kappa shape index (κ1) is 19.7. The molecule has 0 heterocycles. The van der Waals surface area contributed by atoms with Crippen molar-refractivity contribution in [1.29, 1.82) is 0 Å². The van der Waals surface area contributed by atoms with Gasteiger partial charge in [0, 0.05) is 12.8 Å². The molecule has 0 bridgehead atoms. The van der Waals surface area contributed by atoms with Crippen molar-refractivity contribution in [2.45, 2.75) is 33.7 Å². The van der Waals surface area contributed by atoms with Crippen LogP contribution in [-0.2, 0) is 23.9 Å². The van der Waals surface area contributed by atoms with Crippen LogP contribution in [0.4, 0.5) is 0 Å². The van der Waals surface area contributed by atoms with Crippen LogP contribution in [-0.4, -0.2) is 31.1 Å². The van der Waals surface area contributed by atoms with E-state index in [1.165, 1.54) is 6.92 Å². The molecule has 6 nitrogen and oxygen atoms in total. The molecule has 132 valence electrons. The van der Waals surface area contributed by atoms with Crippen LogP contribution in [0.25, 0.3) is 0 Å². The lowest BCUT2D eigenvalue weighted by Gasteiger charge is -2.29. The summed E-state index contributed by atoms with van der Waals surface area (Å²) in [5.74, 6) is -3.18. The van der Waals surface area contributed by atoms with Crippen LogP contribution in [0.3, 0.4) is 0 Å². The number of carbonyl (C=O) groups excluding carboxylic acids is 3. The highest BCUT2D eigenvalue weighted by molar-refractivity contribution is 5.95. The lowest BCUT2D eigenvalue weighted by Crippen LogP contribution is -2.41. The number of ether oxygens (including phenoxy) is 2. The van der Waals surface area contributed by atoms with E-state index in [1.807, 2.05) is 30.3 Å². The van der Waals surface area contributed by atoms with E-state index >= 15 is 0 Å². The molecule has 0 fully saturated rings. The molecule has 0 aliphatic rings. The van der Waals surface area contributed by atoms with Gasteiger partial charge in [-0.05, 0) is 19.4 Å². The predicted molar refractivity (Wildman–Crippen MR) is 88.9 cm³/mol. The molecule has 1 amide bonds. The zero-order valence-electron chi connectivity index (χ0n) is 14.6. The predicted octanol–water partition coefficient (Wildman–Crippen LogP) is 2.24. The van der Waals surface area contributed by atoms with Gasteiger partial charge in [0.1, 0.15) is 0 Å². The number of amides is 1. The first-order valence-corrected chi connectivity index (χ1v) is 8.07. The standard InChI is InChI=1S/C18H25NO5/c1-5-23-17(21)15(18(22)24-6-2)12(3)16(19-13(4)20)14-10-8-7-9-11-14/h7-12,15-16H,5-6H2,1-4H3,(H,19,20). The van der Waals surface area contributed by atoms with Crippen molar-refractivity contribution < 1.29 is 23.9 Å². The third-order valence-electron chi connectivity index (χ3n) is 3.65. The highest BCUT2D eigenvalue weighted by Gasteiger charge is 2.39. The van der Waals surface area contributed by atoms with Gasteiger partial charge in [-0.1, -0.05) is 37.3 Å². The fraction of sp³-hybridized carbons (Fsp3) is 0.500. The Morgan fingerprint density at radius 3 is 1.92 bits per heavy atom. The number of benzene rings is 1. The summed E-state index contributed by atoms with van der Waals surface area (Å²) in [6, 6.07) is 8.69. The maximum Gasteiger partial charge on any atom is 0.320 e. The Bertz CT molecular complexity index is 540. The summed E-state index contributed by atoms with van der Waals surface area (Å²) in [7, 11) is 0. The summed E-state index contributed by atoms with van der Waals surface area (Å²) >= 11 is 0. The summed E-state index contributed by atoms with van der Waals surface area (Å²) < 4.78 is 10.1. The van der Waals surface area contributed by atoms with Crippen LogP contribution in [0.5, 0.6) is 0 Å². The molecule has 0 aliphatic carbocycles. The van der Waals surface area contributed by atoms with Crippen LogP contribution >= 0.6 is 0 Å². The van der Waals surface area contributed by atoms with Crippen molar-refractivity contribution in [1.82, 2.24) is 5.32 Å². The van der Waals surface area contributed by atoms with Gasteiger partial charge in [0.05, 0.1) is 19.3 Å². The first-order valence-electron chi connectivity index (χ1n) is 8.07. The molecule has 1 aromatic rings. The highest BCUT2D eigenvalue weighted by atomic mass is 16.6. The molecule has 24 heavy (non-hydrogen) atoms. The Morgan fingerprint density at radius 1 is 1.00 bits per heavy atom. The second-order valence-electron chi connectivity index (χ2n) is 5.43. The number of rotatable bonds is 8. The minimum absolute atomic E-state index is 0.164. The normalized spacial score (nSPS) is 13.0. The fourth-order valence-electron chi connectivity index (χ4n) is 2.58. The molecule has 0 aliphatic heterocycles. The van der Waals surface area contributed by atoms with Gasteiger partial charge >= 0.3 is 11.9 Å². The molecular formula is C18H25NO5. The van der Waals surface area contributed by atoms with Crippen molar-refractivity contribution in [2.75, 3.05) is 13.2 Å². The van der Waals surface area contributed by atoms with E-state index in [4.69, 9.17) is 9.47 Å². The second-order valence-corrected chi connectivity index (χ2v) is 5.43. The topological polar surface area (TPSA) is 81.7 Å². The lowest BCUT2D eigenvalue weighted by atomic mass is 9.83. The fourth-order valence-corrected chi connectivity index (χ4v) is 2.58. The number of carbonyl (C=O) groups is 3. The number of hydrogen-bond donors (Lipinski definition) is 1. The maximum atomic E-state index is 12.3. The maximum absolute atomic E-state index is 12.3. The Morgan fingerprint density at radius 2 is 1.50 bits per heavy atom. The lowest BCUT2D eigenvalue weighted by molar-refractivity contribution is -0.165. The van der Waals surface area contributed by atoms with Crippen LogP contribution in [0, 0.1) is 11.8 Å². The van der Waals surface area contributed by atoms with Crippen LogP contribution in [0.1, 0.15) is 39.3 Å². The average molecular weight is 335 g/mol. The van der Waals surface area contributed by atoms with E-state index in [9.17, 15) is 14.4 Å². The van der Waals surface area contributed by atoms with Crippen molar-refractivity contribution >= 4 is 17.8 Å². The van der Waals surface area contributed by atoms with E-state index in [0.717, 1.165) is 5.56 Å². The summed E-state index contributed by atoms with van der Waals surface area (Å²) in [6.07, 6.45) is 0. The van der Waals surface area contributed by atoms with Crippen molar-refractivity contribution in [3.8, 4) is 0 Å². The molecular weight excluding hydrogens is 310 g/mol. The first-order chi connectivity index (χ1) is 11.4. The number of esters is 2. The van der Waals surface area contributed by atoms with Crippen molar-refractivity contribution in [2.24, 2.45) is 11.8 Å². The van der Waals surface area contributed by atoms with Gasteiger partial charge in [-0.2, -0.15) is 0 Å². The summed E-state index contributed by atoms with van der Waals surface area (Å²) in [6.45, 7) is 6.80. The molecule has 0 aromatic heterocycles. The largest absolute Gasteiger partial charge is 0.465 e. The molecule has 0 saturated carbocycles. The van der Waals surface area contributed by atoms with Gasteiger partial charge in [0.15, 0.2) is 5.92 Å². The van der Waals surface area contributed by atoms with Crippen molar-refractivity contribution in [3.63, 3.8) is 0 Å². The van der Waals surface area contributed by atoms with E-state index in [2.05, 4.69) is 5.32 Å². The van der Waals surface area contributed by atoms with Crippen molar-refractivity contribution in [3.05, 3.63) is 35.9 Å². The molecule has 0 radical (unpaired) electrons. The Balaban J connectivity index is 3.17. The van der Waals surface area contributed by atoms with Crippen LogP contribution < -0.4 is 5.32 Å². The molecule has 6 heteroatoms. The van der Waals surface area contributed by atoms with Gasteiger partial charge < -0.3 is 14.8 Å². The summed E-state index contributed by atoms with van der Waals surface area (Å²) in [5.41, 5.74) is 0.804. The van der Waals surface area contributed by atoms with Gasteiger partial charge in [0.25, 0.3) is 0 Å². The van der Waals surface area contributed by atoms with Gasteiger partial charge in [0.2, 0.25) is 5.91 Å². The highest BCUT2D eigenvalue weighted by Crippen LogP contribution is 2.30. The summed E-state index contributed by atoms with van der Waals surface area (Å²) in [5, 5.41) is 2.82. The van der Waals surface area contributed by atoms with Gasteiger partial charge in [-0.15, -0.1) is 0 Å². The molecule has 2 unspecified atom stereocenters. The van der Waals surface area contributed by atoms with E-state index in [1.54, 1.807) is 20.8 Å². The minimum Gasteiger partial charge on any atom is -0.465 e. The molecule has 0 spiro atoms. The smallest absolute Gasteiger partial charge is 0.320 e. The molecule has 0 saturated heterocycles.